The van der Waals surface area contributed by atoms with E-state index in [1.807, 2.05) is 23.9 Å². The molecule has 2 nitrogen and oxygen atoms in total. The smallest absolute Gasteiger partial charge is 0.330 e. The molecular formula is C14H18O2S. The summed E-state index contributed by atoms with van der Waals surface area (Å²) < 4.78 is 4.79. The molecule has 17 heavy (non-hydrogen) atoms. The Labute approximate surface area is 107 Å². The number of carbonyl (C=O) groups is 1. The molecule has 0 aliphatic heterocycles. The maximum atomic E-state index is 11.0. The number of esters is 1. The van der Waals surface area contributed by atoms with Crippen molar-refractivity contribution in [2.45, 2.75) is 19.1 Å². The number of ether oxygens (including phenoxy) is 1. The van der Waals surface area contributed by atoms with Gasteiger partial charge in [-0.25, -0.2) is 4.79 Å². The molecule has 1 aromatic carbocycles. The zero-order chi connectivity index (χ0) is 12.3. The molecule has 1 aromatic rings. The van der Waals surface area contributed by atoms with E-state index >= 15 is 0 Å². The maximum absolute atomic E-state index is 11.0. The van der Waals surface area contributed by atoms with Gasteiger partial charge in [0, 0.05) is 11.8 Å². The van der Waals surface area contributed by atoms with Crippen LogP contribution in [-0.2, 0) is 15.3 Å². The minimum atomic E-state index is -0.249. The van der Waals surface area contributed by atoms with Crippen LogP contribution in [0.2, 0.25) is 0 Å². The number of rotatable bonds is 7. The van der Waals surface area contributed by atoms with Gasteiger partial charge >= 0.3 is 5.97 Å². The number of carbonyl (C=O) groups excluding carboxylic acids is 1. The molecule has 0 atom stereocenters. The Morgan fingerprint density at radius 3 is 2.82 bits per heavy atom. The summed E-state index contributed by atoms with van der Waals surface area (Å²) in [4.78, 5) is 11.0. The summed E-state index contributed by atoms with van der Waals surface area (Å²) in [6.45, 7) is 2.24. The van der Waals surface area contributed by atoms with E-state index in [9.17, 15) is 4.79 Å². The van der Waals surface area contributed by atoms with Crippen molar-refractivity contribution in [1.29, 1.82) is 0 Å². The van der Waals surface area contributed by atoms with E-state index in [4.69, 9.17) is 4.74 Å². The van der Waals surface area contributed by atoms with Gasteiger partial charge in [-0.3, -0.25) is 0 Å². The molecular weight excluding hydrogens is 232 g/mol. The van der Waals surface area contributed by atoms with Gasteiger partial charge in [0.15, 0.2) is 0 Å². The van der Waals surface area contributed by atoms with E-state index in [0.717, 1.165) is 17.9 Å². The van der Waals surface area contributed by atoms with E-state index in [1.54, 1.807) is 6.92 Å². The predicted molar refractivity (Wildman–Crippen MR) is 73.0 cm³/mol. The molecule has 0 saturated heterocycles. The molecule has 92 valence electrons. The van der Waals surface area contributed by atoms with Crippen molar-refractivity contribution in [3.05, 3.63) is 48.0 Å². The van der Waals surface area contributed by atoms with Crippen molar-refractivity contribution in [3.63, 3.8) is 0 Å². The molecule has 0 bridgehead atoms. The second-order valence-corrected chi connectivity index (χ2v) is 4.59. The van der Waals surface area contributed by atoms with Gasteiger partial charge in [-0.2, -0.15) is 11.8 Å². The van der Waals surface area contributed by atoms with E-state index in [1.165, 1.54) is 11.6 Å². The molecule has 0 fully saturated rings. The summed E-state index contributed by atoms with van der Waals surface area (Å²) in [6.07, 6.45) is 4.28. The molecule has 0 radical (unpaired) electrons. The Bertz CT molecular complexity index is 346. The molecule has 0 amide bonds. The number of benzene rings is 1. The van der Waals surface area contributed by atoms with Gasteiger partial charge in [-0.1, -0.05) is 36.4 Å². The maximum Gasteiger partial charge on any atom is 0.330 e. The highest BCUT2D eigenvalue weighted by atomic mass is 32.2. The first-order valence-electron chi connectivity index (χ1n) is 5.78. The second kappa shape index (κ2) is 8.88. The average molecular weight is 250 g/mol. The summed E-state index contributed by atoms with van der Waals surface area (Å²) in [5, 5.41) is 0. The molecule has 0 saturated carbocycles. The van der Waals surface area contributed by atoms with Crippen molar-refractivity contribution in [2.75, 3.05) is 12.4 Å². The summed E-state index contributed by atoms with van der Waals surface area (Å²) in [5.74, 6) is 1.79. The minimum Gasteiger partial charge on any atom is -0.463 e. The van der Waals surface area contributed by atoms with Crippen LogP contribution in [0.15, 0.2) is 42.5 Å². The van der Waals surface area contributed by atoms with Gasteiger partial charge in [-0.05, 0) is 24.7 Å². The Morgan fingerprint density at radius 2 is 2.12 bits per heavy atom. The van der Waals surface area contributed by atoms with Crippen molar-refractivity contribution in [2.24, 2.45) is 0 Å². The van der Waals surface area contributed by atoms with Crippen LogP contribution in [0.3, 0.4) is 0 Å². The number of thioether (sulfide) groups is 1. The minimum absolute atomic E-state index is 0.249. The lowest BCUT2D eigenvalue weighted by Crippen LogP contribution is -1.98. The van der Waals surface area contributed by atoms with Gasteiger partial charge in [0.2, 0.25) is 0 Å². The summed E-state index contributed by atoms with van der Waals surface area (Å²) >= 11 is 1.87. The largest absolute Gasteiger partial charge is 0.463 e. The Hall–Kier alpha value is -1.22. The van der Waals surface area contributed by atoms with Crippen molar-refractivity contribution in [1.82, 2.24) is 0 Å². The fourth-order valence-electron chi connectivity index (χ4n) is 1.29. The van der Waals surface area contributed by atoms with Crippen LogP contribution in [0, 0.1) is 0 Å². The molecule has 0 spiro atoms. The lowest BCUT2D eigenvalue weighted by atomic mass is 10.2. The van der Waals surface area contributed by atoms with Crippen molar-refractivity contribution in [3.8, 4) is 0 Å². The average Bonchev–Trinajstić information content (AvgIpc) is 2.35. The third kappa shape index (κ3) is 6.84. The van der Waals surface area contributed by atoms with Crippen LogP contribution in [0.25, 0.3) is 0 Å². The fourth-order valence-corrected chi connectivity index (χ4v) is 2.16. The van der Waals surface area contributed by atoms with Gasteiger partial charge < -0.3 is 4.74 Å². The van der Waals surface area contributed by atoms with E-state index in [-0.39, 0.29) is 5.97 Å². The van der Waals surface area contributed by atoms with Gasteiger partial charge in [0.1, 0.15) is 0 Å². The highest BCUT2D eigenvalue weighted by Gasteiger charge is 1.93. The molecule has 0 aliphatic carbocycles. The molecule has 0 unspecified atom stereocenters. The molecule has 0 aromatic heterocycles. The second-order valence-electron chi connectivity index (χ2n) is 3.48. The lowest BCUT2D eigenvalue weighted by molar-refractivity contribution is -0.137. The lowest BCUT2D eigenvalue weighted by Gasteiger charge is -1.99. The number of allylic oxidation sites excluding steroid dienone is 1. The van der Waals surface area contributed by atoms with Crippen LogP contribution < -0.4 is 0 Å². The zero-order valence-electron chi connectivity index (χ0n) is 10.1. The highest BCUT2D eigenvalue weighted by molar-refractivity contribution is 7.98. The van der Waals surface area contributed by atoms with Crippen molar-refractivity contribution >= 4 is 17.7 Å². The first-order chi connectivity index (χ1) is 8.33. The Balaban J connectivity index is 2.07. The zero-order valence-corrected chi connectivity index (χ0v) is 10.9. The molecule has 0 N–H and O–H groups in total. The van der Waals surface area contributed by atoms with Gasteiger partial charge in [0.25, 0.3) is 0 Å². The Kier molecular flexibility index (Phi) is 7.23. The first kappa shape index (κ1) is 13.8. The van der Waals surface area contributed by atoms with Gasteiger partial charge in [0.05, 0.1) is 6.61 Å². The summed E-state index contributed by atoms with van der Waals surface area (Å²) in [5.41, 5.74) is 1.34. The monoisotopic (exact) mass is 250 g/mol. The number of hydrogen-bond donors (Lipinski definition) is 0. The third-order valence-electron chi connectivity index (χ3n) is 2.08. The Morgan fingerprint density at radius 1 is 1.35 bits per heavy atom. The van der Waals surface area contributed by atoms with Crippen LogP contribution in [0.1, 0.15) is 18.9 Å². The van der Waals surface area contributed by atoms with E-state index in [2.05, 4.69) is 24.3 Å². The molecule has 1 rings (SSSR count). The quantitative estimate of drug-likeness (QED) is 0.421. The highest BCUT2D eigenvalue weighted by Crippen LogP contribution is 2.12. The predicted octanol–water partition coefficient (Wildman–Crippen LogP) is 3.43. The topological polar surface area (TPSA) is 26.3 Å². The fraction of sp³-hybridized carbons (Fsp3) is 0.357. The standard InChI is InChI=1S/C14H18O2S/c1-2-16-14(15)10-6-7-11-17-12-13-8-4-3-5-9-13/h3-6,8-10H,2,7,11-12H2,1H3/b10-6+. The molecule has 0 heterocycles. The van der Waals surface area contributed by atoms with E-state index in [0.29, 0.717) is 6.61 Å². The van der Waals surface area contributed by atoms with Crippen molar-refractivity contribution < 1.29 is 9.53 Å². The summed E-state index contributed by atoms with van der Waals surface area (Å²) in [6, 6.07) is 10.4. The van der Waals surface area contributed by atoms with Crippen LogP contribution in [0.5, 0.6) is 0 Å². The SMILES string of the molecule is CCOC(=O)/C=C/CCSCc1ccccc1. The van der Waals surface area contributed by atoms with Gasteiger partial charge in [-0.15, -0.1) is 0 Å². The van der Waals surface area contributed by atoms with Crippen LogP contribution in [-0.4, -0.2) is 18.3 Å². The normalized spacial score (nSPS) is 10.6. The van der Waals surface area contributed by atoms with Crippen LogP contribution >= 0.6 is 11.8 Å². The van der Waals surface area contributed by atoms with E-state index < -0.39 is 0 Å². The summed E-state index contributed by atoms with van der Waals surface area (Å²) in [7, 11) is 0. The third-order valence-corrected chi connectivity index (χ3v) is 3.14. The van der Waals surface area contributed by atoms with Crippen LogP contribution in [0.4, 0.5) is 0 Å². The first-order valence-corrected chi connectivity index (χ1v) is 6.93. The molecule has 0 aliphatic rings. The molecule has 3 heteroatoms. The number of hydrogen-bond acceptors (Lipinski definition) is 3.